The minimum absolute atomic E-state index is 0.210. The molecule has 0 amide bonds. The number of allylic oxidation sites excluding steroid dienone is 1. The van der Waals surface area contributed by atoms with Crippen LogP contribution in [0.5, 0.6) is 0 Å². The lowest BCUT2D eigenvalue weighted by atomic mass is 10.0. The van der Waals surface area contributed by atoms with Crippen LogP contribution >= 0.6 is 11.3 Å². The Balaban J connectivity index is 1.21. The second-order valence-electron chi connectivity index (χ2n) is 10.1. The number of carbonyl (C=O) groups excluding carboxylic acids is 2. The number of ketones is 2. The van der Waals surface area contributed by atoms with Gasteiger partial charge in [-0.05, 0) is 76.9 Å². The van der Waals surface area contributed by atoms with Gasteiger partial charge in [0.15, 0.2) is 11.6 Å². The van der Waals surface area contributed by atoms with E-state index in [0.29, 0.717) is 11.1 Å². The summed E-state index contributed by atoms with van der Waals surface area (Å²) < 4.78 is 0. The van der Waals surface area contributed by atoms with Crippen LogP contribution in [0.1, 0.15) is 25.6 Å². The van der Waals surface area contributed by atoms with E-state index in [2.05, 4.69) is 53.4 Å². The average molecular weight is 560 g/mol. The predicted octanol–water partition coefficient (Wildman–Crippen LogP) is 10.0. The first-order valence-corrected chi connectivity index (χ1v) is 14.6. The average Bonchev–Trinajstić information content (AvgIpc) is 3.61. The number of fused-ring (bicyclic) bond motifs is 1. The SMILES string of the molecule is O=C1/C(=C\c2ccc(N(c3ccccc3)c3ccc(-c4ccccc4)cc3)s2)C(=O)c2cc(-c3ccccc3)ccc21. The normalized spacial score (nSPS) is 13.4. The highest BCUT2D eigenvalue weighted by Crippen LogP contribution is 2.41. The Kier molecular flexibility index (Phi) is 6.67. The number of benzene rings is 5. The number of rotatable bonds is 6. The molecule has 1 aliphatic rings. The summed E-state index contributed by atoms with van der Waals surface area (Å²) in [6.07, 6.45) is 1.74. The van der Waals surface area contributed by atoms with Crippen LogP contribution in [0.3, 0.4) is 0 Å². The van der Waals surface area contributed by atoms with Gasteiger partial charge in [-0.1, -0.05) is 97.1 Å². The highest BCUT2D eigenvalue weighted by molar-refractivity contribution is 7.17. The zero-order chi connectivity index (χ0) is 28.5. The largest absolute Gasteiger partial charge is 0.302 e. The predicted molar refractivity (Wildman–Crippen MR) is 173 cm³/mol. The second kappa shape index (κ2) is 10.9. The number of carbonyl (C=O) groups is 2. The fourth-order valence-corrected chi connectivity index (χ4v) is 6.35. The molecule has 0 spiro atoms. The second-order valence-corrected chi connectivity index (χ2v) is 11.2. The Morgan fingerprint density at radius 2 is 1.00 bits per heavy atom. The van der Waals surface area contributed by atoms with Gasteiger partial charge in [0.25, 0.3) is 0 Å². The molecule has 1 heterocycles. The zero-order valence-corrected chi connectivity index (χ0v) is 23.4. The molecule has 0 radical (unpaired) electrons. The van der Waals surface area contributed by atoms with Crippen molar-refractivity contribution in [3.63, 3.8) is 0 Å². The topological polar surface area (TPSA) is 37.4 Å². The summed E-state index contributed by atoms with van der Waals surface area (Å²) >= 11 is 1.55. The smallest absolute Gasteiger partial charge is 0.197 e. The van der Waals surface area contributed by atoms with Crippen LogP contribution in [-0.4, -0.2) is 11.6 Å². The number of para-hydroxylation sites is 1. The van der Waals surface area contributed by atoms with Gasteiger partial charge in [-0.2, -0.15) is 0 Å². The van der Waals surface area contributed by atoms with Gasteiger partial charge in [-0.15, -0.1) is 11.3 Å². The first kappa shape index (κ1) is 25.6. The highest BCUT2D eigenvalue weighted by atomic mass is 32.1. The van der Waals surface area contributed by atoms with Gasteiger partial charge in [0.2, 0.25) is 0 Å². The van der Waals surface area contributed by atoms with Crippen molar-refractivity contribution in [1.29, 1.82) is 0 Å². The molecule has 0 saturated carbocycles. The number of Topliss-reactive ketones (excluding diaryl/α,β-unsaturated/α-hetero) is 2. The summed E-state index contributed by atoms with van der Waals surface area (Å²) in [5.41, 5.74) is 7.45. The molecule has 200 valence electrons. The third kappa shape index (κ3) is 4.78. The van der Waals surface area contributed by atoms with E-state index in [1.165, 1.54) is 5.56 Å². The summed E-state index contributed by atoms with van der Waals surface area (Å²) in [5, 5.41) is 0.988. The zero-order valence-electron chi connectivity index (χ0n) is 22.6. The van der Waals surface area contributed by atoms with Crippen molar-refractivity contribution in [2.24, 2.45) is 0 Å². The molecular formula is C38H25NO2S. The Bertz CT molecular complexity index is 1940. The molecule has 42 heavy (non-hydrogen) atoms. The summed E-state index contributed by atoms with van der Waals surface area (Å²) in [7, 11) is 0. The summed E-state index contributed by atoms with van der Waals surface area (Å²) in [6.45, 7) is 0. The van der Waals surface area contributed by atoms with Gasteiger partial charge < -0.3 is 4.90 Å². The Morgan fingerprint density at radius 3 is 1.67 bits per heavy atom. The summed E-state index contributed by atoms with van der Waals surface area (Å²) in [4.78, 5) is 29.8. The van der Waals surface area contributed by atoms with E-state index in [1.54, 1.807) is 23.5 Å². The van der Waals surface area contributed by atoms with Gasteiger partial charge in [-0.25, -0.2) is 0 Å². The number of nitrogens with zero attached hydrogens (tertiary/aromatic N) is 1. The van der Waals surface area contributed by atoms with E-state index in [-0.39, 0.29) is 17.1 Å². The number of anilines is 3. The maximum atomic E-state index is 13.4. The van der Waals surface area contributed by atoms with Gasteiger partial charge in [0.1, 0.15) is 5.00 Å². The van der Waals surface area contributed by atoms with Crippen LogP contribution in [-0.2, 0) is 0 Å². The molecule has 1 aliphatic carbocycles. The molecule has 0 aliphatic heterocycles. The molecule has 1 aromatic heterocycles. The van der Waals surface area contributed by atoms with Crippen LogP contribution in [0.15, 0.2) is 151 Å². The Hall–Kier alpha value is -5.32. The number of thiophene rings is 1. The molecule has 0 saturated heterocycles. The van der Waals surface area contributed by atoms with E-state index in [9.17, 15) is 9.59 Å². The van der Waals surface area contributed by atoms with Crippen LogP contribution < -0.4 is 4.90 Å². The van der Waals surface area contributed by atoms with Gasteiger partial charge in [-0.3, -0.25) is 9.59 Å². The monoisotopic (exact) mass is 559 g/mol. The fourth-order valence-electron chi connectivity index (χ4n) is 5.36. The number of hydrogen-bond donors (Lipinski definition) is 0. The van der Waals surface area contributed by atoms with E-state index in [1.807, 2.05) is 91.0 Å². The third-order valence-electron chi connectivity index (χ3n) is 7.47. The highest BCUT2D eigenvalue weighted by Gasteiger charge is 2.33. The van der Waals surface area contributed by atoms with Crippen molar-refractivity contribution in [2.75, 3.05) is 4.90 Å². The molecule has 0 atom stereocenters. The van der Waals surface area contributed by atoms with Gasteiger partial charge in [0.05, 0.1) is 5.57 Å². The summed E-state index contributed by atoms with van der Waals surface area (Å²) in [5.74, 6) is -0.444. The molecule has 0 N–H and O–H groups in total. The number of hydrogen-bond acceptors (Lipinski definition) is 4. The minimum Gasteiger partial charge on any atom is -0.302 e. The lowest BCUT2D eigenvalue weighted by Gasteiger charge is -2.23. The van der Waals surface area contributed by atoms with E-state index in [0.717, 1.165) is 37.9 Å². The Morgan fingerprint density at radius 1 is 0.476 bits per heavy atom. The maximum absolute atomic E-state index is 13.4. The van der Waals surface area contributed by atoms with Crippen LogP contribution in [0.4, 0.5) is 16.4 Å². The van der Waals surface area contributed by atoms with Crippen molar-refractivity contribution in [1.82, 2.24) is 0 Å². The third-order valence-corrected chi connectivity index (χ3v) is 8.49. The van der Waals surface area contributed by atoms with Crippen molar-refractivity contribution >= 4 is 45.4 Å². The molecule has 4 heteroatoms. The summed E-state index contributed by atoms with van der Waals surface area (Å²) in [6, 6.07) is 48.5. The van der Waals surface area contributed by atoms with E-state index >= 15 is 0 Å². The molecule has 3 nitrogen and oxygen atoms in total. The first-order valence-electron chi connectivity index (χ1n) is 13.8. The van der Waals surface area contributed by atoms with E-state index < -0.39 is 0 Å². The van der Waals surface area contributed by atoms with Crippen molar-refractivity contribution in [3.8, 4) is 22.3 Å². The first-order chi connectivity index (χ1) is 20.7. The fraction of sp³-hybridized carbons (Fsp3) is 0. The molecule has 6 aromatic rings. The lowest BCUT2D eigenvalue weighted by Crippen LogP contribution is -2.07. The van der Waals surface area contributed by atoms with E-state index in [4.69, 9.17) is 0 Å². The van der Waals surface area contributed by atoms with Crippen LogP contribution in [0.2, 0.25) is 0 Å². The van der Waals surface area contributed by atoms with Crippen LogP contribution in [0, 0.1) is 0 Å². The standard InChI is InChI=1S/C38H25NO2S/c40-37-33-22-18-29(27-12-6-2-7-13-27)24-34(33)38(41)35(37)25-32-21-23-36(42-32)39(30-14-8-3-9-15-30)31-19-16-28(17-20-31)26-10-4-1-5-11-26/h1-25H/b35-25+. The van der Waals surface area contributed by atoms with Crippen molar-refractivity contribution in [2.45, 2.75) is 0 Å². The van der Waals surface area contributed by atoms with Gasteiger partial charge >= 0.3 is 0 Å². The minimum atomic E-state index is -0.223. The van der Waals surface area contributed by atoms with Crippen molar-refractivity contribution < 1.29 is 9.59 Å². The van der Waals surface area contributed by atoms with Crippen LogP contribution in [0.25, 0.3) is 28.3 Å². The molecule has 0 unspecified atom stereocenters. The Labute approximate surface area is 248 Å². The molecule has 7 rings (SSSR count). The molecular weight excluding hydrogens is 534 g/mol. The molecule has 0 fully saturated rings. The maximum Gasteiger partial charge on any atom is 0.197 e. The molecule has 0 bridgehead atoms. The van der Waals surface area contributed by atoms with Gasteiger partial charge in [0, 0.05) is 27.4 Å². The lowest BCUT2D eigenvalue weighted by molar-refractivity contribution is 0.0990. The van der Waals surface area contributed by atoms with Crippen molar-refractivity contribution in [3.05, 3.63) is 167 Å². The molecule has 5 aromatic carbocycles. The quantitative estimate of drug-likeness (QED) is 0.151.